The summed E-state index contributed by atoms with van der Waals surface area (Å²) in [5.74, 6) is 0.0408. The number of fused-ring (bicyclic) bond motifs is 1. The molecule has 0 bridgehead atoms. The van der Waals surface area contributed by atoms with Gasteiger partial charge in [0.05, 0.1) is 55.4 Å². The largest absolute Gasteiger partial charge is 0.496 e. The zero-order valence-electron chi connectivity index (χ0n) is 22.8. The predicted octanol–water partition coefficient (Wildman–Crippen LogP) is 3.96. The fourth-order valence-corrected chi connectivity index (χ4v) is 6.05. The number of aromatic nitrogens is 3. The fourth-order valence-electron chi connectivity index (χ4n) is 5.00. The average molecular weight is 566 g/mol. The van der Waals surface area contributed by atoms with Gasteiger partial charge in [0.2, 0.25) is 0 Å². The Bertz CT molecular complexity index is 1670. The summed E-state index contributed by atoms with van der Waals surface area (Å²) in [6, 6.07) is 9.03. The maximum absolute atomic E-state index is 14.1. The fraction of sp³-hybridized carbons (Fsp3) is 0.379. The normalized spacial score (nSPS) is 14.8. The van der Waals surface area contributed by atoms with Gasteiger partial charge in [-0.3, -0.25) is 14.3 Å². The van der Waals surface area contributed by atoms with Crippen molar-refractivity contribution < 1.29 is 23.7 Å². The molecule has 4 aromatic rings. The minimum absolute atomic E-state index is 0.0604. The molecule has 40 heavy (non-hydrogen) atoms. The van der Waals surface area contributed by atoms with Gasteiger partial charge >= 0.3 is 11.7 Å². The van der Waals surface area contributed by atoms with Crippen LogP contribution in [0.1, 0.15) is 46.1 Å². The van der Waals surface area contributed by atoms with Crippen LogP contribution in [0.5, 0.6) is 5.75 Å². The molecule has 0 unspecified atom stereocenters. The lowest BCUT2D eigenvalue weighted by atomic mass is 10.1. The van der Waals surface area contributed by atoms with Crippen LogP contribution >= 0.6 is 11.3 Å². The number of nitrogens with zero attached hydrogens (tertiary/aromatic N) is 3. The summed E-state index contributed by atoms with van der Waals surface area (Å²) < 4.78 is 25.3. The number of carbonyl (C=O) groups is 1. The Hall–Kier alpha value is -3.80. The molecule has 210 valence electrons. The molecule has 1 aromatic carbocycles. The predicted molar refractivity (Wildman–Crippen MR) is 151 cm³/mol. The molecule has 0 aliphatic carbocycles. The standard InChI is InChI=1S/C29H31N3O7S/c1-17-16-40-27-25(17)26(33)32(19-13-22(28(34)37-4)18(2)30-14-19)29(35)31(27)15-24(39-20-9-11-38-12-10-20)21-7-5-6-8-23(21)36-3/h5-8,13-14,16,20,24H,9-12,15H2,1-4H3/t24-/m0/s1. The molecule has 1 atom stereocenters. The van der Waals surface area contributed by atoms with Crippen molar-refractivity contribution >= 4 is 27.5 Å². The monoisotopic (exact) mass is 565 g/mol. The molecule has 1 saturated heterocycles. The van der Waals surface area contributed by atoms with E-state index in [1.165, 1.54) is 30.7 Å². The van der Waals surface area contributed by atoms with Gasteiger partial charge in [0.15, 0.2) is 0 Å². The lowest BCUT2D eigenvalue weighted by Gasteiger charge is -2.29. The first kappa shape index (κ1) is 27.8. The van der Waals surface area contributed by atoms with Crippen molar-refractivity contribution in [1.82, 2.24) is 14.1 Å². The second-order valence-electron chi connectivity index (χ2n) is 9.63. The van der Waals surface area contributed by atoms with Crippen molar-refractivity contribution in [2.24, 2.45) is 0 Å². The van der Waals surface area contributed by atoms with E-state index in [0.29, 0.717) is 34.9 Å². The van der Waals surface area contributed by atoms with Gasteiger partial charge in [0, 0.05) is 18.8 Å². The van der Waals surface area contributed by atoms with Crippen LogP contribution < -0.4 is 16.0 Å². The summed E-state index contributed by atoms with van der Waals surface area (Å²) >= 11 is 1.33. The first-order chi connectivity index (χ1) is 19.3. The van der Waals surface area contributed by atoms with Crippen molar-refractivity contribution in [2.45, 2.75) is 45.4 Å². The minimum atomic E-state index is -0.603. The third-order valence-electron chi connectivity index (χ3n) is 7.14. The quantitative estimate of drug-likeness (QED) is 0.295. The number of ether oxygens (including phenoxy) is 4. The summed E-state index contributed by atoms with van der Waals surface area (Å²) in [5.41, 5.74) is 1.30. The van der Waals surface area contributed by atoms with Crippen molar-refractivity contribution in [3.63, 3.8) is 0 Å². The highest BCUT2D eigenvalue weighted by Crippen LogP contribution is 2.33. The Labute approximate surface area is 234 Å². The van der Waals surface area contributed by atoms with Crippen LogP contribution in [-0.2, 0) is 20.8 Å². The lowest BCUT2D eigenvalue weighted by molar-refractivity contribution is -0.0752. The van der Waals surface area contributed by atoms with Gasteiger partial charge in [-0.25, -0.2) is 14.2 Å². The summed E-state index contributed by atoms with van der Waals surface area (Å²) in [4.78, 5) is 45.1. The number of hydrogen-bond donors (Lipinski definition) is 0. The van der Waals surface area contributed by atoms with Gasteiger partial charge in [0.1, 0.15) is 16.7 Å². The maximum atomic E-state index is 14.1. The second kappa shape index (κ2) is 11.7. The van der Waals surface area contributed by atoms with E-state index in [1.807, 2.05) is 36.6 Å². The molecule has 0 spiro atoms. The zero-order chi connectivity index (χ0) is 28.4. The highest BCUT2D eigenvalue weighted by Gasteiger charge is 2.27. The van der Waals surface area contributed by atoms with Crippen molar-refractivity contribution in [1.29, 1.82) is 0 Å². The van der Waals surface area contributed by atoms with Crippen molar-refractivity contribution in [2.75, 3.05) is 27.4 Å². The Kier molecular flexibility index (Phi) is 8.15. The Morgan fingerprint density at radius 3 is 2.65 bits per heavy atom. The molecule has 4 heterocycles. The number of benzene rings is 1. The number of para-hydroxylation sites is 1. The molecule has 1 fully saturated rings. The molecule has 0 radical (unpaired) electrons. The van der Waals surface area contributed by atoms with Crippen LogP contribution in [-0.4, -0.2) is 53.6 Å². The number of rotatable bonds is 8. The number of carbonyl (C=O) groups excluding carboxylic acids is 1. The van der Waals surface area contributed by atoms with E-state index >= 15 is 0 Å². The SMILES string of the molecule is COC(=O)c1cc(-n2c(=O)c3c(C)csc3n(C[C@H](OC3CCOCC3)c3ccccc3OC)c2=O)cnc1C. The highest BCUT2D eigenvalue weighted by atomic mass is 32.1. The van der Waals surface area contributed by atoms with E-state index in [0.717, 1.165) is 28.5 Å². The third-order valence-corrected chi connectivity index (χ3v) is 8.25. The highest BCUT2D eigenvalue weighted by molar-refractivity contribution is 7.17. The Morgan fingerprint density at radius 1 is 1.18 bits per heavy atom. The van der Waals surface area contributed by atoms with Crippen LogP contribution in [0.3, 0.4) is 0 Å². The number of hydrogen-bond acceptors (Lipinski definition) is 9. The van der Waals surface area contributed by atoms with Gasteiger partial charge in [-0.1, -0.05) is 18.2 Å². The number of methoxy groups -OCH3 is 2. The molecule has 1 aliphatic rings. The first-order valence-electron chi connectivity index (χ1n) is 13.0. The van der Waals surface area contributed by atoms with Gasteiger partial charge in [-0.15, -0.1) is 11.3 Å². The van der Waals surface area contributed by atoms with Gasteiger partial charge in [-0.2, -0.15) is 0 Å². The van der Waals surface area contributed by atoms with E-state index in [1.54, 1.807) is 18.6 Å². The van der Waals surface area contributed by atoms with Crippen LogP contribution in [0.25, 0.3) is 15.9 Å². The topological polar surface area (TPSA) is 111 Å². The molecule has 0 N–H and O–H groups in total. The molecule has 3 aromatic heterocycles. The molecular formula is C29H31N3O7S. The number of thiophene rings is 1. The summed E-state index contributed by atoms with van der Waals surface area (Å²) in [5, 5.41) is 2.28. The first-order valence-corrected chi connectivity index (χ1v) is 13.9. The van der Waals surface area contributed by atoms with Gasteiger partial charge in [-0.05, 0) is 49.8 Å². The van der Waals surface area contributed by atoms with Crippen molar-refractivity contribution in [3.8, 4) is 11.4 Å². The molecule has 0 saturated carbocycles. The number of pyridine rings is 1. The van der Waals surface area contributed by atoms with E-state index in [2.05, 4.69) is 4.98 Å². The summed E-state index contributed by atoms with van der Waals surface area (Å²) in [6.45, 7) is 4.84. The maximum Gasteiger partial charge on any atom is 0.339 e. The minimum Gasteiger partial charge on any atom is -0.496 e. The third kappa shape index (κ3) is 5.19. The molecule has 1 aliphatic heterocycles. The number of aryl methyl sites for hydroxylation is 2. The lowest BCUT2D eigenvalue weighted by Crippen LogP contribution is -2.40. The molecule has 5 rings (SSSR count). The van der Waals surface area contributed by atoms with Crippen LogP contribution in [0, 0.1) is 13.8 Å². The average Bonchev–Trinajstić information content (AvgIpc) is 3.37. The van der Waals surface area contributed by atoms with E-state index < -0.39 is 23.3 Å². The Morgan fingerprint density at radius 2 is 1.93 bits per heavy atom. The van der Waals surface area contributed by atoms with E-state index in [-0.39, 0.29) is 23.9 Å². The van der Waals surface area contributed by atoms with Crippen LogP contribution in [0.2, 0.25) is 0 Å². The summed E-state index contributed by atoms with van der Waals surface area (Å²) in [6.07, 6.45) is 2.28. The summed E-state index contributed by atoms with van der Waals surface area (Å²) in [7, 11) is 2.87. The van der Waals surface area contributed by atoms with Gasteiger partial charge < -0.3 is 18.9 Å². The molecule has 0 amide bonds. The zero-order valence-corrected chi connectivity index (χ0v) is 23.7. The Balaban J connectivity index is 1.69. The molecular weight excluding hydrogens is 534 g/mol. The number of esters is 1. The smallest absolute Gasteiger partial charge is 0.339 e. The van der Waals surface area contributed by atoms with Crippen molar-refractivity contribution in [3.05, 3.63) is 85.1 Å². The van der Waals surface area contributed by atoms with Crippen LogP contribution in [0.15, 0.2) is 51.5 Å². The van der Waals surface area contributed by atoms with Gasteiger partial charge in [0.25, 0.3) is 5.56 Å². The van der Waals surface area contributed by atoms with E-state index in [9.17, 15) is 14.4 Å². The van der Waals surface area contributed by atoms with E-state index in [4.69, 9.17) is 18.9 Å². The molecule has 10 nitrogen and oxygen atoms in total. The molecule has 11 heteroatoms. The second-order valence-corrected chi connectivity index (χ2v) is 10.5. The van der Waals surface area contributed by atoms with Crippen LogP contribution in [0.4, 0.5) is 0 Å².